The molecule has 2 aromatic heterocycles. The number of rotatable bonds is 3. The summed E-state index contributed by atoms with van der Waals surface area (Å²) in [6.45, 7) is 6.67. The number of hydrogen-bond acceptors (Lipinski definition) is 10. The van der Waals surface area contributed by atoms with Crippen LogP contribution >= 0.6 is 22.7 Å². The van der Waals surface area contributed by atoms with Gasteiger partial charge in [0.2, 0.25) is 0 Å². The molecule has 3 rings (SSSR count). The highest BCUT2D eigenvalue weighted by Gasteiger charge is 2.27. The number of aromatic nitrogens is 2. The van der Waals surface area contributed by atoms with Crippen molar-refractivity contribution in [2.75, 3.05) is 24.6 Å². The molecule has 0 aliphatic carbocycles. The van der Waals surface area contributed by atoms with Crippen LogP contribution in [0.4, 0.5) is 15.1 Å². The lowest BCUT2D eigenvalue weighted by Gasteiger charge is -2.33. The topological polar surface area (TPSA) is 174 Å². The van der Waals surface area contributed by atoms with E-state index in [1.54, 1.807) is 10.3 Å². The van der Waals surface area contributed by atoms with Gasteiger partial charge in [0.15, 0.2) is 16.0 Å². The number of hydrogen-bond donors (Lipinski definition) is 4. The molecule has 13 heteroatoms. The molecule has 1 aliphatic rings. The van der Waals surface area contributed by atoms with Gasteiger partial charge in [0.1, 0.15) is 11.3 Å². The zero-order valence-electron chi connectivity index (χ0n) is 17.5. The van der Waals surface area contributed by atoms with Crippen LogP contribution in [0.25, 0.3) is 0 Å². The van der Waals surface area contributed by atoms with E-state index in [1.807, 2.05) is 20.8 Å². The zero-order chi connectivity index (χ0) is 23.2. The molecule has 1 saturated heterocycles. The molecule has 0 aromatic carbocycles. The van der Waals surface area contributed by atoms with Crippen molar-refractivity contribution in [1.29, 1.82) is 0 Å². The molecule has 2 amide bonds. The standard InChI is InChI=1S/C14H22N4O3S.C4H4N2O2S/c1-14(2,3)21-13(20)18-6-4-9(5-7-18)16-11(19)10-8-22-12(15)17-10;5-4-6-2(1-9-4)3(7)8/h8-9H,4-7H2,1-3H3,(H2,15,17)(H,16,19);1H,(H2,5,6)(H,7,8). The highest BCUT2D eigenvalue weighted by Crippen LogP contribution is 2.17. The van der Waals surface area contributed by atoms with E-state index < -0.39 is 11.6 Å². The van der Waals surface area contributed by atoms with Gasteiger partial charge in [-0.05, 0) is 33.6 Å². The molecule has 31 heavy (non-hydrogen) atoms. The molecule has 0 unspecified atom stereocenters. The second-order valence-corrected chi connectivity index (χ2v) is 9.44. The molecule has 11 nitrogen and oxygen atoms in total. The van der Waals surface area contributed by atoms with Crippen LogP contribution < -0.4 is 16.8 Å². The van der Waals surface area contributed by atoms with Gasteiger partial charge in [-0.2, -0.15) is 0 Å². The van der Waals surface area contributed by atoms with Gasteiger partial charge in [0, 0.05) is 29.9 Å². The van der Waals surface area contributed by atoms with Crippen LogP contribution in [-0.4, -0.2) is 62.7 Å². The number of carbonyl (C=O) groups is 3. The summed E-state index contributed by atoms with van der Waals surface area (Å²) in [5.41, 5.74) is 10.5. The fraction of sp³-hybridized carbons (Fsp3) is 0.500. The minimum absolute atomic E-state index is 0.0116. The number of nitrogens with two attached hydrogens (primary N) is 2. The lowest BCUT2D eigenvalue weighted by atomic mass is 10.1. The first-order chi connectivity index (χ1) is 14.4. The van der Waals surface area contributed by atoms with Crippen LogP contribution in [-0.2, 0) is 4.74 Å². The zero-order valence-corrected chi connectivity index (χ0v) is 19.1. The number of carboxylic acid groups (broad SMARTS) is 1. The van der Waals surface area contributed by atoms with Crippen LogP contribution in [0.15, 0.2) is 10.8 Å². The van der Waals surface area contributed by atoms with Crippen molar-refractivity contribution < 1.29 is 24.2 Å². The number of ether oxygens (including phenoxy) is 1. The van der Waals surface area contributed by atoms with Crippen LogP contribution in [0.2, 0.25) is 0 Å². The van der Waals surface area contributed by atoms with Crippen LogP contribution in [0.1, 0.15) is 54.6 Å². The number of nitrogens with one attached hydrogen (secondary N) is 1. The van der Waals surface area contributed by atoms with E-state index in [4.69, 9.17) is 21.3 Å². The average Bonchev–Trinajstić information content (AvgIpc) is 3.30. The van der Waals surface area contributed by atoms with Crippen molar-refractivity contribution in [3.8, 4) is 0 Å². The van der Waals surface area contributed by atoms with E-state index in [0.717, 1.165) is 11.3 Å². The Labute approximate surface area is 187 Å². The van der Waals surface area contributed by atoms with Crippen molar-refractivity contribution in [2.24, 2.45) is 0 Å². The minimum Gasteiger partial charge on any atom is -0.476 e. The maximum absolute atomic E-state index is 12.0. The maximum atomic E-state index is 12.0. The Balaban J connectivity index is 0.000000316. The van der Waals surface area contributed by atoms with Crippen molar-refractivity contribution in [3.63, 3.8) is 0 Å². The second kappa shape index (κ2) is 10.4. The molecule has 3 heterocycles. The third kappa shape index (κ3) is 8.02. The van der Waals surface area contributed by atoms with Crippen LogP contribution in [0.5, 0.6) is 0 Å². The van der Waals surface area contributed by atoms with E-state index in [-0.39, 0.29) is 28.9 Å². The van der Waals surface area contributed by atoms with E-state index in [2.05, 4.69) is 15.3 Å². The first-order valence-corrected chi connectivity index (χ1v) is 11.1. The molecule has 0 bridgehead atoms. The SMILES string of the molecule is CC(C)(C)OC(=O)N1CCC(NC(=O)c2csc(N)n2)CC1.Nc1nc(C(=O)O)cs1. The average molecular weight is 471 g/mol. The Bertz CT molecular complexity index is 915. The highest BCUT2D eigenvalue weighted by atomic mass is 32.1. The van der Waals surface area contributed by atoms with Gasteiger partial charge in [-0.3, -0.25) is 4.79 Å². The number of likely N-dealkylation sites (tertiary alicyclic amines) is 1. The Kier molecular flexibility index (Phi) is 8.16. The van der Waals surface area contributed by atoms with Gasteiger partial charge >= 0.3 is 12.1 Å². The second-order valence-electron chi connectivity index (χ2n) is 7.66. The van der Waals surface area contributed by atoms with Gasteiger partial charge in [0.05, 0.1) is 0 Å². The fourth-order valence-electron chi connectivity index (χ4n) is 2.57. The summed E-state index contributed by atoms with van der Waals surface area (Å²) in [7, 11) is 0. The van der Waals surface area contributed by atoms with Crippen molar-refractivity contribution in [1.82, 2.24) is 20.2 Å². The molecule has 6 N–H and O–H groups in total. The van der Waals surface area contributed by atoms with E-state index in [9.17, 15) is 14.4 Å². The van der Waals surface area contributed by atoms with Crippen molar-refractivity contribution in [3.05, 3.63) is 22.1 Å². The number of piperidine rings is 1. The fourth-order valence-corrected chi connectivity index (χ4v) is 3.65. The summed E-state index contributed by atoms with van der Waals surface area (Å²) in [5.74, 6) is -1.26. The number of amides is 2. The van der Waals surface area contributed by atoms with Gasteiger partial charge in [0.25, 0.3) is 5.91 Å². The molecular weight excluding hydrogens is 444 g/mol. The number of carboxylic acids is 1. The number of thiazole rings is 2. The predicted octanol–water partition coefficient (Wildman–Crippen LogP) is 2.28. The molecule has 0 spiro atoms. The molecule has 1 aliphatic heterocycles. The number of nitrogens with zero attached hydrogens (tertiary/aromatic N) is 3. The number of nitrogen functional groups attached to an aromatic ring is 2. The largest absolute Gasteiger partial charge is 0.476 e. The Morgan fingerprint density at radius 3 is 2.00 bits per heavy atom. The third-order valence-corrected chi connectivity index (χ3v) is 5.33. The van der Waals surface area contributed by atoms with Crippen LogP contribution in [0, 0.1) is 0 Å². The predicted molar refractivity (Wildman–Crippen MR) is 118 cm³/mol. The third-order valence-electron chi connectivity index (χ3n) is 3.98. The summed E-state index contributed by atoms with van der Waals surface area (Å²) >= 11 is 2.36. The van der Waals surface area contributed by atoms with Gasteiger partial charge in [-0.1, -0.05) is 0 Å². The van der Waals surface area contributed by atoms with Crippen LogP contribution in [0.3, 0.4) is 0 Å². The first-order valence-electron chi connectivity index (χ1n) is 9.38. The lowest BCUT2D eigenvalue weighted by Crippen LogP contribution is -2.47. The molecular formula is C18H26N6O5S2. The Morgan fingerprint density at radius 1 is 1.10 bits per heavy atom. The Morgan fingerprint density at radius 2 is 1.61 bits per heavy atom. The monoisotopic (exact) mass is 470 g/mol. The van der Waals surface area contributed by atoms with E-state index in [0.29, 0.717) is 36.8 Å². The molecule has 170 valence electrons. The quantitative estimate of drug-likeness (QED) is 0.524. The molecule has 0 saturated carbocycles. The summed E-state index contributed by atoms with van der Waals surface area (Å²) in [6.07, 6.45) is 1.10. The normalized spacial score (nSPS) is 14.4. The van der Waals surface area contributed by atoms with Crippen molar-refractivity contribution >= 4 is 50.9 Å². The molecule has 0 radical (unpaired) electrons. The minimum atomic E-state index is -1.04. The Hall–Kier alpha value is -2.93. The summed E-state index contributed by atoms with van der Waals surface area (Å²) < 4.78 is 5.34. The lowest BCUT2D eigenvalue weighted by molar-refractivity contribution is 0.0199. The van der Waals surface area contributed by atoms with Gasteiger partial charge in [-0.15, -0.1) is 22.7 Å². The van der Waals surface area contributed by atoms with Gasteiger partial charge < -0.3 is 31.5 Å². The summed E-state index contributed by atoms with van der Waals surface area (Å²) in [6, 6.07) is 0.0362. The molecule has 1 fully saturated rings. The maximum Gasteiger partial charge on any atom is 0.410 e. The first kappa shape index (κ1) is 24.3. The van der Waals surface area contributed by atoms with Gasteiger partial charge in [-0.25, -0.2) is 19.6 Å². The van der Waals surface area contributed by atoms with Crippen molar-refractivity contribution in [2.45, 2.75) is 45.3 Å². The number of aromatic carboxylic acids is 1. The highest BCUT2D eigenvalue weighted by molar-refractivity contribution is 7.14. The molecule has 0 atom stereocenters. The smallest absolute Gasteiger partial charge is 0.410 e. The van der Waals surface area contributed by atoms with E-state index in [1.165, 1.54) is 16.7 Å². The summed E-state index contributed by atoms with van der Waals surface area (Å²) in [4.78, 5) is 43.2. The summed E-state index contributed by atoms with van der Waals surface area (Å²) in [5, 5.41) is 14.9. The number of anilines is 2. The number of carbonyl (C=O) groups excluding carboxylic acids is 2. The van der Waals surface area contributed by atoms with E-state index >= 15 is 0 Å². The molecule has 2 aromatic rings.